The number of rotatable bonds is 7. The Balaban J connectivity index is 1.69. The number of nitrogens with one attached hydrogen (secondary N) is 1. The van der Waals surface area contributed by atoms with Gasteiger partial charge in [-0.2, -0.15) is 0 Å². The van der Waals surface area contributed by atoms with Crippen LogP contribution in [0.2, 0.25) is 0 Å². The van der Waals surface area contributed by atoms with Gasteiger partial charge in [-0.05, 0) is 32.3 Å². The highest BCUT2D eigenvalue weighted by molar-refractivity contribution is 7.99. The molecule has 0 radical (unpaired) electrons. The average molecular weight is 414 g/mol. The number of methoxy groups -OCH3 is 1. The number of amides is 2. The summed E-state index contributed by atoms with van der Waals surface area (Å²) in [7, 11) is 5.59. The molecule has 6 nitrogen and oxygen atoms in total. The lowest BCUT2D eigenvalue weighted by atomic mass is 10.0. The molecular formula is C22H27N3O3S. The number of carbonyl (C=O) groups excluding carboxylic acids is 2. The molecule has 1 aliphatic rings. The van der Waals surface area contributed by atoms with Crippen molar-refractivity contribution in [2.24, 2.45) is 0 Å². The zero-order chi connectivity index (χ0) is 20.8. The topological polar surface area (TPSA) is 61.9 Å². The number of nitrogens with zero attached hydrogens (tertiary/aromatic N) is 2. The van der Waals surface area contributed by atoms with Crippen LogP contribution in [0.4, 0.5) is 0 Å². The lowest BCUT2D eigenvalue weighted by molar-refractivity contribution is -0.124. The quantitative estimate of drug-likeness (QED) is 0.756. The van der Waals surface area contributed by atoms with Crippen molar-refractivity contribution in [2.45, 2.75) is 12.1 Å². The van der Waals surface area contributed by atoms with Crippen molar-refractivity contribution in [2.75, 3.05) is 39.4 Å². The van der Waals surface area contributed by atoms with Crippen LogP contribution >= 0.6 is 11.8 Å². The Labute approximate surface area is 176 Å². The van der Waals surface area contributed by atoms with Crippen molar-refractivity contribution in [3.05, 3.63) is 65.7 Å². The Bertz CT molecular complexity index is 844. The normalized spacial score (nSPS) is 17.2. The number of para-hydroxylation sites is 1. The maximum atomic E-state index is 12.9. The first kappa shape index (κ1) is 21.2. The van der Waals surface area contributed by atoms with Crippen molar-refractivity contribution in [3.63, 3.8) is 0 Å². The lowest BCUT2D eigenvalue weighted by Crippen LogP contribution is -2.48. The zero-order valence-corrected chi connectivity index (χ0v) is 17.8. The van der Waals surface area contributed by atoms with Gasteiger partial charge < -0.3 is 19.9 Å². The third-order valence-corrected chi connectivity index (χ3v) is 6.07. The Morgan fingerprint density at radius 2 is 1.86 bits per heavy atom. The summed E-state index contributed by atoms with van der Waals surface area (Å²) in [6, 6.07) is 16.4. The fourth-order valence-electron chi connectivity index (χ4n) is 3.43. The molecule has 0 aliphatic carbocycles. The predicted molar refractivity (Wildman–Crippen MR) is 116 cm³/mol. The van der Waals surface area contributed by atoms with Crippen LogP contribution in [0.25, 0.3) is 0 Å². The molecule has 154 valence electrons. The maximum absolute atomic E-state index is 12.9. The van der Waals surface area contributed by atoms with Gasteiger partial charge in [0.25, 0.3) is 5.91 Å². The van der Waals surface area contributed by atoms with Gasteiger partial charge in [0.05, 0.1) is 19.0 Å². The number of carbonyl (C=O) groups is 2. The smallest absolute Gasteiger partial charge is 0.255 e. The summed E-state index contributed by atoms with van der Waals surface area (Å²) in [6.07, 6.45) is 0. The molecule has 0 spiro atoms. The number of likely N-dealkylation sites (N-methyl/N-ethyl adjacent to an activating group) is 1. The largest absolute Gasteiger partial charge is 0.496 e. The summed E-state index contributed by atoms with van der Waals surface area (Å²) in [5.41, 5.74) is 1.62. The van der Waals surface area contributed by atoms with Crippen LogP contribution in [0.5, 0.6) is 5.75 Å². The molecule has 2 unspecified atom stereocenters. The molecule has 1 heterocycles. The molecule has 0 saturated carbocycles. The Morgan fingerprint density at radius 3 is 2.55 bits per heavy atom. The van der Waals surface area contributed by atoms with Gasteiger partial charge in [-0.15, -0.1) is 11.8 Å². The van der Waals surface area contributed by atoms with E-state index in [4.69, 9.17) is 4.74 Å². The van der Waals surface area contributed by atoms with Crippen molar-refractivity contribution < 1.29 is 14.3 Å². The minimum absolute atomic E-state index is 0.0394. The van der Waals surface area contributed by atoms with Gasteiger partial charge in [0, 0.05) is 23.4 Å². The fourth-order valence-corrected chi connectivity index (χ4v) is 4.59. The minimum atomic E-state index is -0.465. The predicted octanol–water partition coefficient (Wildman–Crippen LogP) is 2.63. The number of benzene rings is 2. The molecule has 1 saturated heterocycles. The van der Waals surface area contributed by atoms with Gasteiger partial charge in [0.2, 0.25) is 5.91 Å². The van der Waals surface area contributed by atoms with E-state index in [2.05, 4.69) is 10.2 Å². The molecule has 1 fully saturated rings. The summed E-state index contributed by atoms with van der Waals surface area (Å²) in [5, 5.41) is 3.05. The summed E-state index contributed by atoms with van der Waals surface area (Å²) in [4.78, 5) is 29.5. The minimum Gasteiger partial charge on any atom is -0.496 e. The molecule has 1 aliphatic heterocycles. The first-order chi connectivity index (χ1) is 14.0. The molecule has 0 aromatic heterocycles. The molecule has 2 aromatic rings. The first-order valence-electron chi connectivity index (χ1n) is 9.53. The van der Waals surface area contributed by atoms with E-state index in [9.17, 15) is 9.59 Å². The van der Waals surface area contributed by atoms with Crippen molar-refractivity contribution in [1.29, 1.82) is 0 Å². The molecule has 29 heavy (non-hydrogen) atoms. The van der Waals surface area contributed by atoms with Gasteiger partial charge in [0.15, 0.2) is 0 Å². The van der Waals surface area contributed by atoms with Crippen molar-refractivity contribution in [3.8, 4) is 5.75 Å². The van der Waals surface area contributed by atoms with Crippen LogP contribution in [0.1, 0.15) is 22.0 Å². The third kappa shape index (κ3) is 4.92. The average Bonchev–Trinajstić information content (AvgIpc) is 3.24. The van der Waals surface area contributed by atoms with Crippen LogP contribution in [0, 0.1) is 0 Å². The Hall–Kier alpha value is -2.51. The highest BCUT2D eigenvalue weighted by atomic mass is 32.2. The third-order valence-electron chi connectivity index (χ3n) is 5.06. The van der Waals surface area contributed by atoms with E-state index in [1.807, 2.05) is 56.6 Å². The van der Waals surface area contributed by atoms with Gasteiger partial charge in [-0.3, -0.25) is 9.59 Å². The molecular weight excluding hydrogens is 386 g/mol. The van der Waals surface area contributed by atoms with E-state index in [1.165, 1.54) is 0 Å². The summed E-state index contributed by atoms with van der Waals surface area (Å²) >= 11 is 1.60. The van der Waals surface area contributed by atoms with Crippen LogP contribution in [-0.4, -0.2) is 67.0 Å². The van der Waals surface area contributed by atoms with Gasteiger partial charge >= 0.3 is 0 Å². The van der Waals surface area contributed by atoms with Crippen LogP contribution < -0.4 is 10.1 Å². The molecule has 0 bridgehead atoms. The number of hydrogen-bond acceptors (Lipinski definition) is 5. The first-order valence-corrected chi connectivity index (χ1v) is 10.7. The standard InChI is InChI=1S/C22H27N3O3S/c1-24(2)18(17-11-7-8-12-20(17)28-3)13-23-21(26)19-14-29-15-25(19)22(27)16-9-5-4-6-10-16/h4-12,18-19H,13-15H2,1-3H3,(H,23,26). The monoisotopic (exact) mass is 413 g/mol. The van der Waals surface area contributed by atoms with Gasteiger partial charge in [-0.25, -0.2) is 0 Å². The van der Waals surface area contributed by atoms with E-state index >= 15 is 0 Å². The Kier molecular flexibility index (Phi) is 7.17. The van der Waals surface area contributed by atoms with E-state index in [1.54, 1.807) is 35.9 Å². The molecule has 2 atom stereocenters. The molecule has 7 heteroatoms. The van der Waals surface area contributed by atoms with Crippen molar-refractivity contribution >= 4 is 23.6 Å². The van der Waals surface area contributed by atoms with Crippen LogP contribution in [0.3, 0.4) is 0 Å². The number of ether oxygens (including phenoxy) is 1. The van der Waals surface area contributed by atoms with Crippen LogP contribution in [0.15, 0.2) is 54.6 Å². The SMILES string of the molecule is COc1ccccc1C(CNC(=O)C1CSCN1C(=O)c1ccccc1)N(C)C. The lowest BCUT2D eigenvalue weighted by Gasteiger charge is -2.28. The number of thioether (sulfide) groups is 1. The van der Waals surface area contributed by atoms with Crippen molar-refractivity contribution in [1.82, 2.24) is 15.1 Å². The molecule has 2 amide bonds. The highest BCUT2D eigenvalue weighted by Gasteiger charge is 2.35. The fraction of sp³-hybridized carbons (Fsp3) is 0.364. The van der Waals surface area contributed by atoms with E-state index in [-0.39, 0.29) is 17.9 Å². The summed E-state index contributed by atoms with van der Waals surface area (Å²) in [6.45, 7) is 0.431. The second-order valence-electron chi connectivity index (χ2n) is 7.12. The second kappa shape index (κ2) is 9.80. The summed E-state index contributed by atoms with van der Waals surface area (Å²) < 4.78 is 5.48. The van der Waals surface area contributed by atoms with Crippen LogP contribution in [-0.2, 0) is 4.79 Å². The summed E-state index contributed by atoms with van der Waals surface area (Å²) in [5.74, 6) is 1.68. The van der Waals surface area contributed by atoms with E-state index in [0.29, 0.717) is 23.7 Å². The van der Waals surface area contributed by atoms with Gasteiger partial charge in [-0.1, -0.05) is 36.4 Å². The maximum Gasteiger partial charge on any atom is 0.255 e. The molecule has 1 N–H and O–H groups in total. The number of hydrogen-bond donors (Lipinski definition) is 1. The zero-order valence-electron chi connectivity index (χ0n) is 17.0. The van der Waals surface area contributed by atoms with E-state index < -0.39 is 6.04 Å². The molecule has 3 rings (SSSR count). The Morgan fingerprint density at radius 1 is 1.17 bits per heavy atom. The molecule has 2 aromatic carbocycles. The highest BCUT2D eigenvalue weighted by Crippen LogP contribution is 2.28. The van der Waals surface area contributed by atoms with Gasteiger partial charge in [0.1, 0.15) is 11.8 Å². The van der Waals surface area contributed by atoms with E-state index in [0.717, 1.165) is 11.3 Å². The second-order valence-corrected chi connectivity index (χ2v) is 8.12.